The number of carbonyl (C=O) groups excluding carboxylic acids is 1. The molecule has 0 aliphatic heterocycles. The molecule has 4 rings (SSSR count). The Bertz CT molecular complexity index is 626. The molecule has 2 heteroatoms. The number of carbonyl (C=O) groups is 1. The molecular formula is C27H46O2. The minimum absolute atomic E-state index is 0.154. The number of ketones is 1. The number of fused-ring (bicyclic) bond motifs is 5. The van der Waals surface area contributed by atoms with Crippen molar-refractivity contribution in [3.63, 3.8) is 0 Å². The maximum atomic E-state index is 12.8. The first-order chi connectivity index (χ1) is 13.6. The average molecular weight is 403 g/mol. The molecule has 0 aromatic heterocycles. The Hall–Kier alpha value is -0.370. The molecule has 166 valence electrons. The van der Waals surface area contributed by atoms with Crippen molar-refractivity contribution in [2.45, 2.75) is 117 Å². The number of hydrogen-bond acceptors (Lipinski definition) is 2. The van der Waals surface area contributed by atoms with Gasteiger partial charge in [-0.3, -0.25) is 4.79 Å². The van der Waals surface area contributed by atoms with E-state index in [4.69, 9.17) is 0 Å². The SMILES string of the molecule is CC(C)CCC[C@@H](C)[C@@H]1CC[C@@H]2[C@@H]3CC[C@@]4(O)C(=O)CCC[C@]4(C)[C@H]3CC[C@@]21C. The lowest BCUT2D eigenvalue weighted by Crippen LogP contribution is -2.64. The van der Waals surface area contributed by atoms with Gasteiger partial charge in [0.2, 0.25) is 0 Å². The standard InChI is InChI=1S/C27H46O2/c1-18(2)8-6-9-19(3)21-11-12-22-20-13-17-27(29)24(28)10-7-15-26(27,5)23(20)14-16-25(21,22)4/h18-23,29H,6-17H2,1-5H3/t19-,20+,21+,22-,23+,25-,26-,27-/m1/s1. The molecule has 4 aliphatic rings. The second-order valence-corrected chi connectivity index (χ2v) is 12.5. The van der Waals surface area contributed by atoms with Crippen LogP contribution in [0.5, 0.6) is 0 Å². The van der Waals surface area contributed by atoms with E-state index in [-0.39, 0.29) is 11.2 Å². The molecular weight excluding hydrogens is 356 g/mol. The Morgan fingerprint density at radius 1 is 0.966 bits per heavy atom. The predicted molar refractivity (Wildman–Crippen MR) is 120 cm³/mol. The summed E-state index contributed by atoms with van der Waals surface area (Å²) in [5.41, 5.74) is -0.710. The fourth-order valence-corrected chi connectivity index (χ4v) is 9.15. The van der Waals surface area contributed by atoms with Gasteiger partial charge in [0.05, 0.1) is 0 Å². The van der Waals surface area contributed by atoms with E-state index in [2.05, 4.69) is 34.6 Å². The number of hydrogen-bond donors (Lipinski definition) is 1. The molecule has 8 atom stereocenters. The maximum absolute atomic E-state index is 12.8. The van der Waals surface area contributed by atoms with Crippen LogP contribution in [0.3, 0.4) is 0 Å². The second kappa shape index (κ2) is 7.64. The summed E-state index contributed by atoms with van der Waals surface area (Å²) in [6.07, 6.45) is 13.9. The highest BCUT2D eigenvalue weighted by Gasteiger charge is 2.66. The summed E-state index contributed by atoms with van der Waals surface area (Å²) in [5, 5.41) is 11.5. The van der Waals surface area contributed by atoms with Crippen molar-refractivity contribution >= 4 is 5.78 Å². The van der Waals surface area contributed by atoms with Crippen molar-refractivity contribution in [1.82, 2.24) is 0 Å². The fourth-order valence-electron chi connectivity index (χ4n) is 9.15. The maximum Gasteiger partial charge on any atom is 0.164 e. The Balaban J connectivity index is 1.51. The van der Waals surface area contributed by atoms with Crippen molar-refractivity contribution in [3.8, 4) is 0 Å². The van der Waals surface area contributed by atoms with Gasteiger partial charge in [0.25, 0.3) is 0 Å². The average Bonchev–Trinajstić information content (AvgIpc) is 3.01. The Kier molecular flexibility index (Phi) is 5.76. The molecule has 4 fully saturated rings. The topological polar surface area (TPSA) is 37.3 Å². The lowest BCUT2D eigenvalue weighted by molar-refractivity contribution is -0.203. The molecule has 1 N–H and O–H groups in total. The summed E-state index contributed by atoms with van der Waals surface area (Å²) in [6, 6.07) is 0. The molecule has 29 heavy (non-hydrogen) atoms. The van der Waals surface area contributed by atoms with E-state index >= 15 is 0 Å². The Morgan fingerprint density at radius 2 is 1.72 bits per heavy atom. The van der Waals surface area contributed by atoms with E-state index in [1.165, 1.54) is 44.9 Å². The van der Waals surface area contributed by atoms with Gasteiger partial charge in [0.15, 0.2) is 5.78 Å². The third-order valence-corrected chi connectivity index (χ3v) is 10.8. The van der Waals surface area contributed by atoms with Crippen molar-refractivity contribution in [2.75, 3.05) is 0 Å². The molecule has 4 aliphatic carbocycles. The highest BCUT2D eigenvalue weighted by molar-refractivity contribution is 5.89. The number of Topliss-reactive ketones (excluding diaryl/α,β-unsaturated/α-hetero) is 1. The minimum Gasteiger partial charge on any atom is -0.381 e. The molecule has 0 aromatic carbocycles. The molecule has 0 unspecified atom stereocenters. The zero-order chi connectivity index (χ0) is 21.0. The lowest BCUT2D eigenvalue weighted by Gasteiger charge is -2.62. The third-order valence-electron chi connectivity index (χ3n) is 10.8. The summed E-state index contributed by atoms with van der Waals surface area (Å²) < 4.78 is 0. The third kappa shape index (κ3) is 3.26. The van der Waals surface area contributed by atoms with Gasteiger partial charge in [-0.15, -0.1) is 0 Å². The first-order valence-corrected chi connectivity index (χ1v) is 12.9. The summed E-state index contributed by atoms with van der Waals surface area (Å²) in [6.45, 7) is 12.1. The van der Waals surface area contributed by atoms with Gasteiger partial charge in [-0.1, -0.05) is 53.9 Å². The van der Waals surface area contributed by atoms with Gasteiger partial charge in [-0.2, -0.15) is 0 Å². The molecule has 0 spiro atoms. The van der Waals surface area contributed by atoms with Crippen LogP contribution < -0.4 is 0 Å². The van der Waals surface area contributed by atoms with Crippen LogP contribution >= 0.6 is 0 Å². The molecule has 0 amide bonds. The summed E-state index contributed by atoms with van der Waals surface area (Å²) in [5.74, 6) is 4.80. The molecule has 0 radical (unpaired) electrons. The van der Waals surface area contributed by atoms with Crippen molar-refractivity contribution < 1.29 is 9.90 Å². The van der Waals surface area contributed by atoms with E-state index < -0.39 is 5.60 Å². The highest BCUT2D eigenvalue weighted by Crippen LogP contribution is 2.68. The van der Waals surface area contributed by atoms with E-state index in [0.29, 0.717) is 17.8 Å². The van der Waals surface area contributed by atoms with E-state index in [9.17, 15) is 9.90 Å². The Morgan fingerprint density at radius 3 is 2.45 bits per heavy atom. The largest absolute Gasteiger partial charge is 0.381 e. The molecule has 0 bridgehead atoms. The van der Waals surface area contributed by atoms with Crippen LogP contribution in [0.2, 0.25) is 0 Å². The van der Waals surface area contributed by atoms with Crippen molar-refractivity contribution in [3.05, 3.63) is 0 Å². The van der Waals surface area contributed by atoms with E-state index in [1.807, 2.05) is 0 Å². The summed E-state index contributed by atoms with van der Waals surface area (Å²) in [4.78, 5) is 12.8. The molecule has 2 nitrogen and oxygen atoms in total. The molecule has 4 saturated carbocycles. The van der Waals surface area contributed by atoms with Gasteiger partial charge in [-0.05, 0) is 92.3 Å². The molecule has 0 aromatic rings. The van der Waals surface area contributed by atoms with Crippen molar-refractivity contribution in [1.29, 1.82) is 0 Å². The van der Waals surface area contributed by atoms with Gasteiger partial charge < -0.3 is 5.11 Å². The van der Waals surface area contributed by atoms with Crippen LogP contribution in [0.25, 0.3) is 0 Å². The normalized spacial score (nSPS) is 48.2. The summed E-state index contributed by atoms with van der Waals surface area (Å²) >= 11 is 0. The first kappa shape index (κ1) is 21.8. The zero-order valence-electron chi connectivity index (χ0n) is 19.8. The van der Waals surface area contributed by atoms with Gasteiger partial charge in [0, 0.05) is 11.8 Å². The Labute approximate surface area is 179 Å². The van der Waals surface area contributed by atoms with Gasteiger partial charge in [-0.25, -0.2) is 0 Å². The van der Waals surface area contributed by atoms with Crippen LogP contribution in [0.15, 0.2) is 0 Å². The van der Waals surface area contributed by atoms with Crippen LogP contribution in [0.1, 0.15) is 112 Å². The minimum atomic E-state index is -1.03. The van der Waals surface area contributed by atoms with E-state index in [1.54, 1.807) is 0 Å². The zero-order valence-corrected chi connectivity index (χ0v) is 19.8. The predicted octanol–water partition coefficient (Wildman–Crippen LogP) is 6.79. The summed E-state index contributed by atoms with van der Waals surface area (Å²) in [7, 11) is 0. The molecule has 0 heterocycles. The quantitative estimate of drug-likeness (QED) is 0.549. The molecule has 0 saturated heterocycles. The van der Waals surface area contributed by atoms with Crippen LogP contribution in [-0.4, -0.2) is 16.5 Å². The van der Waals surface area contributed by atoms with E-state index in [0.717, 1.165) is 55.3 Å². The van der Waals surface area contributed by atoms with Gasteiger partial charge >= 0.3 is 0 Å². The fraction of sp³-hybridized carbons (Fsp3) is 0.963. The first-order valence-electron chi connectivity index (χ1n) is 12.9. The smallest absolute Gasteiger partial charge is 0.164 e. The van der Waals surface area contributed by atoms with Crippen LogP contribution in [-0.2, 0) is 4.79 Å². The number of rotatable bonds is 5. The number of aliphatic hydroxyl groups is 1. The monoisotopic (exact) mass is 402 g/mol. The van der Waals surface area contributed by atoms with Gasteiger partial charge in [0.1, 0.15) is 5.60 Å². The second-order valence-electron chi connectivity index (χ2n) is 12.5. The highest BCUT2D eigenvalue weighted by atomic mass is 16.3. The van der Waals surface area contributed by atoms with Crippen LogP contribution in [0, 0.1) is 46.3 Å². The van der Waals surface area contributed by atoms with Crippen molar-refractivity contribution in [2.24, 2.45) is 46.3 Å². The van der Waals surface area contributed by atoms with Crippen LogP contribution in [0.4, 0.5) is 0 Å². The lowest BCUT2D eigenvalue weighted by atomic mass is 9.43.